The van der Waals surface area contributed by atoms with Crippen molar-refractivity contribution in [1.29, 1.82) is 0 Å². The minimum absolute atomic E-state index is 0.175. The summed E-state index contributed by atoms with van der Waals surface area (Å²) in [4.78, 5) is 0. The zero-order valence-corrected chi connectivity index (χ0v) is 22.1. The number of alkyl halides is 6. The molecule has 0 bridgehead atoms. The Bertz CT molecular complexity index is 372. The van der Waals surface area contributed by atoms with Crippen molar-refractivity contribution in [2.45, 2.75) is 112 Å². The van der Waals surface area contributed by atoms with Crippen LogP contribution in [0.5, 0.6) is 0 Å². The molecule has 9 heteroatoms. The number of halogens is 6. The van der Waals surface area contributed by atoms with Crippen molar-refractivity contribution in [2.24, 2.45) is 0 Å². The standard InChI is InChI=1S/2C7H15O.2C4H6F3.Sn/c2*1-2-3-4-5-6-7-8;2*1-3(6)4(7)2-5;/h2*2-7H2,1H3;2*3-4H,1-2H2;/q2*-1;;;+2. The molecule has 0 fully saturated rings. The fraction of sp³-hybridized carbons (Fsp3) is 1.00. The summed E-state index contributed by atoms with van der Waals surface area (Å²) in [6, 6.07) is 0. The van der Waals surface area contributed by atoms with Crippen molar-refractivity contribution in [2.75, 3.05) is 26.6 Å². The van der Waals surface area contributed by atoms with E-state index >= 15 is 0 Å². The van der Waals surface area contributed by atoms with E-state index in [-0.39, 0.29) is 13.2 Å². The molecule has 0 heterocycles. The van der Waals surface area contributed by atoms with Gasteiger partial charge in [0.15, 0.2) is 0 Å². The molecule has 0 amide bonds. The van der Waals surface area contributed by atoms with E-state index in [1.165, 1.54) is 0 Å². The zero-order chi connectivity index (χ0) is 23.5. The van der Waals surface area contributed by atoms with E-state index in [1.54, 1.807) is 0 Å². The molecule has 0 rings (SSSR count). The van der Waals surface area contributed by atoms with Gasteiger partial charge in [0, 0.05) is 0 Å². The Labute approximate surface area is 189 Å². The molecule has 0 radical (unpaired) electrons. The van der Waals surface area contributed by atoms with Crippen LogP contribution in [0.2, 0.25) is 8.87 Å². The Morgan fingerprint density at radius 2 is 0.903 bits per heavy atom. The molecule has 0 aromatic carbocycles. The molecule has 0 aliphatic carbocycles. The molecule has 0 saturated heterocycles. The first-order valence-corrected chi connectivity index (χ1v) is 18.2. The normalized spacial score (nSPS) is 16.3. The van der Waals surface area contributed by atoms with Gasteiger partial charge in [0.25, 0.3) is 0 Å². The number of unbranched alkanes of at least 4 members (excludes halogenated alkanes) is 8. The van der Waals surface area contributed by atoms with E-state index in [0.29, 0.717) is 12.8 Å². The molecule has 0 saturated carbocycles. The molecule has 4 unspecified atom stereocenters. The summed E-state index contributed by atoms with van der Waals surface area (Å²) < 4.78 is 91.9. The number of hydrogen-bond acceptors (Lipinski definition) is 2. The van der Waals surface area contributed by atoms with Gasteiger partial charge in [-0.3, -0.25) is 0 Å². The van der Waals surface area contributed by atoms with Crippen LogP contribution in [-0.2, 0) is 6.15 Å². The first kappa shape index (κ1) is 31.3. The molecule has 0 aliphatic heterocycles. The zero-order valence-electron chi connectivity index (χ0n) is 19.2. The van der Waals surface area contributed by atoms with E-state index in [0.717, 1.165) is 51.4 Å². The maximum atomic E-state index is 14.4. The average molecular weight is 571 g/mol. The molecule has 0 N–H and O–H groups in total. The summed E-state index contributed by atoms with van der Waals surface area (Å²) in [5.74, 6) is 0. The molecule has 0 aliphatic rings. The fourth-order valence-corrected chi connectivity index (χ4v) is 13.2. The summed E-state index contributed by atoms with van der Waals surface area (Å²) in [7, 11) is 0. The van der Waals surface area contributed by atoms with Gasteiger partial charge in [-0.05, 0) is 0 Å². The van der Waals surface area contributed by atoms with Crippen molar-refractivity contribution in [1.82, 2.24) is 0 Å². The fourth-order valence-electron chi connectivity index (χ4n) is 3.33. The predicted molar refractivity (Wildman–Crippen MR) is 116 cm³/mol. The average Bonchev–Trinajstić information content (AvgIpc) is 2.77. The molecule has 31 heavy (non-hydrogen) atoms. The van der Waals surface area contributed by atoms with Crippen LogP contribution in [0.1, 0.15) is 78.1 Å². The third kappa shape index (κ3) is 14.9. The molecule has 0 aromatic rings. The van der Waals surface area contributed by atoms with Crippen LogP contribution < -0.4 is 0 Å². The van der Waals surface area contributed by atoms with Crippen molar-refractivity contribution >= 4 is 19.2 Å². The van der Waals surface area contributed by atoms with Crippen molar-refractivity contribution in [3.05, 3.63) is 0 Å². The second-order valence-electron chi connectivity index (χ2n) is 8.22. The summed E-state index contributed by atoms with van der Waals surface area (Å²) in [5, 5.41) is 0. The van der Waals surface area contributed by atoms with E-state index in [4.69, 9.17) is 6.15 Å². The molecule has 2 nitrogen and oxygen atoms in total. The van der Waals surface area contributed by atoms with Crippen molar-refractivity contribution in [3.63, 3.8) is 0 Å². The predicted octanol–water partition coefficient (Wildman–Crippen LogP) is 7.69. The Hall–Kier alpha value is 0.299. The first-order chi connectivity index (χ1) is 14.9. The van der Waals surface area contributed by atoms with Gasteiger partial charge in [-0.1, -0.05) is 0 Å². The molecule has 4 atom stereocenters. The minimum atomic E-state index is -4.71. The van der Waals surface area contributed by atoms with Gasteiger partial charge < -0.3 is 0 Å². The Balaban J connectivity index is 5.21. The number of hydrogen-bond donors (Lipinski definition) is 0. The molecule has 188 valence electrons. The van der Waals surface area contributed by atoms with E-state index in [1.807, 2.05) is 0 Å². The van der Waals surface area contributed by atoms with Crippen LogP contribution in [0.3, 0.4) is 0 Å². The third-order valence-corrected chi connectivity index (χ3v) is 15.3. The third-order valence-electron chi connectivity index (χ3n) is 5.32. The molecule has 0 aromatic heterocycles. The summed E-state index contributed by atoms with van der Waals surface area (Å²) in [6.45, 7) is 1.48. The summed E-state index contributed by atoms with van der Waals surface area (Å²) in [6.07, 6.45) is 0.0400. The van der Waals surface area contributed by atoms with Gasteiger partial charge in [-0.15, -0.1) is 0 Å². The van der Waals surface area contributed by atoms with E-state index in [9.17, 15) is 26.3 Å². The van der Waals surface area contributed by atoms with Gasteiger partial charge in [-0.25, -0.2) is 0 Å². The van der Waals surface area contributed by atoms with Crippen LogP contribution in [0.4, 0.5) is 26.3 Å². The van der Waals surface area contributed by atoms with Crippen LogP contribution in [0.25, 0.3) is 0 Å². The molecular weight excluding hydrogens is 529 g/mol. The summed E-state index contributed by atoms with van der Waals surface area (Å²) in [5.41, 5.74) is 0. The van der Waals surface area contributed by atoms with Gasteiger partial charge >= 0.3 is 190 Å². The van der Waals surface area contributed by atoms with Gasteiger partial charge in [0.05, 0.1) is 0 Å². The first-order valence-electron chi connectivity index (χ1n) is 11.8. The molecular formula is C22H42F6O2Sn. The summed E-state index contributed by atoms with van der Waals surface area (Å²) >= 11 is -4.71. The SMILES string of the molecule is CCCCCCC[O][Sn]([CH2]C(F)C(F)CF)([CH2]C(F)C(F)CF)[O]CCCCCCC. The van der Waals surface area contributed by atoms with E-state index in [2.05, 4.69) is 13.8 Å². The second-order valence-corrected chi connectivity index (χ2v) is 17.4. The Morgan fingerprint density at radius 1 is 0.548 bits per heavy atom. The van der Waals surface area contributed by atoms with Gasteiger partial charge in [-0.2, -0.15) is 0 Å². The second kappa shape index (κ2) is 19.7. The van der Waals surface area contributed by atoms with Gasteiger partial charge in [0.2, 0.25) is 0 Å². The monoisotopic (exact) mass is 572 g/mol. The number of rotatable bonds is 22. The van der Waals surface area contributed by atoms with E-state index < -0.39 is 66.1 Å². The van der Waals surface area contributed by atoms with Crippen LogP contribution in [-0.4, -0.2) is 70.5 Å². The van der Waals surface area contributed by atoms with Crippen LogP contribution >= 0.6 is 0 Å². The van der Waals surface area contributed by atoms with Crippen molar-refractivity contribution in [3.8, 4) is 0 Å². The quantitative estimate of drug-likeness (QED) is 0.0754. The van der Waals surface area contributed by atoms with Crippen molar-refractivity contribution < 1.29 is 32.5 Å². The van der Waals surface area contributed by atoms with Crippen LogP contribution in [0.15, 0.2) is 0 Å². The molecule has 0 spiro atoms. The topological polar surface area (TPSA) is 18.5 Å². The Kier molecular flexibility index (Phi) is 19.9. The Morgan fingerprint density at radius 3 is 1.23 bits per heavy atom. The maximum absolute atomic E-state index is 14.4. The van der Waals surface area contributed by atoms with Crippen LogP contribution in [0, 0.1) is 0 Å². The van der Waals surface area contributed by atoms with Gasteiger partial charge in [0.1, 0.15) is 0 Å².